The topological polar surface area (TPSA) is 24.4 Å². The zero-order valence-electron chi connectivity index (χ0n) is 14.3. The Kier molecular flexibility index (Phi) is 8.97. The molecule has 1 aliphatic heterocycles. The van der Waals surface area contributed by atoms with Crippen molar-refractivity contribution in [1.82, 2.24) is 5.32 Å². The summed E-state index contributed by atoms with van der Waals surface area (Å²) in [4.78, 5) is 4.84. The maximum Gasteiger partial charge on any atom is 0.0996 e. The second-order valence-corrected chi connectivity index (χ2v) is 6.87. The van der Waals surface area contributed by atoms with Crippen LogP contribution in [-0.4, -0.2) is 18.4 Å². The minimum absolute atomic E-state index is 0.506. The molecule has 0 spiro atoms. The highest BCUT2D eigenvalue weighted by Crippen LogP contribution is 2.18. The van der Waals surface area contributed by atoms with Crippen LogP contribution in [0.25, 0.3) is 0 Å². The van der Waals surface area contributed by atoms with Crippen molar-refractivity contribution in [2.45, 2.75) is 91.5 Å². The van der Waals surface area contributed by atoms with Gasteiger partial charge in [-0.1, -0.05) is 79.1 Å². The lowest BCUT2D eigenvalue weighted by Crippen LogP contribution is -2.27. The van der Waals surface area contributed by atoms with Crippen LogP contribution in [0.2, 0.25) is 0 Å². The van der Waals surface area contributed by atoms with Crippen LogP contribution >= 0.6 is 0 Å². The summed E-state index contributed by atoms with van der Waals surface area (Å²) in [6.07, 6.45) is 12.6. The van der Waals surface area contributed by atoms with Gasteiger partial charge in [-0.25, -0.2) is 0 Å². The Labute approximate surface area is 126 Å². The molecule has 1 rings (SSSR count). The molecule has 0 saturated carbocycles. The molecule has 1 aliphatic rings. The summed E-state index contributed by atoms with van der Waals surface area (Å²) in [7, 11) is 0. The number of hydrogen-bond donors (Lipinski definition) is 1. The average molecular weight is 280 g/mol. The van der Waals surface area contributed by atoms with Crippen LogP contribution in [0.1, 0.15) is 85.5 Å². The van der Waals surface area contributed by atoms with Crippen molar-refractivity contribution in [2.75, 3.05) is 6.54 Å². The van der Waals surface area contributed by atoms with Crippen molar-refractivity contribution < 1.29 is 0 Å². The molecule has 118 valence electrons. The van der Waals surface area contributed by atoms with Gasteiger partial charge in [0, 0.05) is 12.5 Å². The molecule has 2 nitrogen and oxygen atoms in total. The molecule has 0 amide bonds. The Hall–Kier alpha value is -0.530. The molecule has 0 bridgehead atoms. The molecule has 1 N–H and O–H groups in total. The van der Waals surface area contributed by atoms with E-state index in [9.17, 15) is 0 Å². The zero-order valence-corrected chi connectivity index (χ0v) is 14.3. The Morgan fingerprint density at radius 3 is 2.15 bits per heavy atom. The van der Waals surface area contributed by atoms with Gasteiger partial charge in [0.2, 0.25) is 0 Å². The van der Waals surface area contributed by atoms with Crippen LogP contribution < -0.4 is 5.32 Å². The molecule has 0 radical (unpaired) electrons. The number of unbranched alkanes of at least 4 members (excludes halogenated alkanes) is 7. The average Bonchev–Trinajstić information content (AvgIpc) is 2.91. The number of nitrogens with one attached hydrogen (secondary N) is 1. The van der Waals surface area contributed by atoms with Gasteiger partial charge in [0.15, 0.2) is 0 Å². The predicted octanol–water partition coefficient (Wildman–Crippen LogP) is 5.18. The van der Waals surface area contributed by atoms with E-state index in [0.717, 1.165) is 6.54 Å². The fourth-order valence-corrected chi connectivity index (χ4v) is 2.89. The van der Waals surface area contributed by atoms with E-state index < -0.39 is 0 Å². The molecule has 20 heavy (non-hydrogen) atoms. The highest BCUT2D eigenvalue weighted by atomic mass is 15.1. The van der Waals surface area contributed by atoms with Crippen molar-refractivity contribution in [1.29, 1.82) is 0 Å². The van der Waals surface area contributed by atoms with Gasteiger partial charge in [0.25, 0.3) is 0 Å². The van der Waals surface area contributed by atoms with Crippen molar-refractivity contribution in [2.24, 2.45) is 16.8 Å². The lowest BCUT2D eigenvalue weighted by atomic mass is 10.0. The fraction of sp³-hybridized carbons (Fsp3) is 0.944. The van der Waals surface area contributed by atoms with Gasteiger partial charge < -0.3 is 5.32 Å². The van der Waals surface area contributed by atoms with Gasteiger partial charge in [-0.2, -0.15) is 0 Å². The Bertz CT molecular complexity index is 271. The second kappa shape index (κ2) is 10.2. The standard InChI is InChI=1S/C18H36N2/c1-5-6-7-8-9-10-11-12-13-16(4)18-19-14-17(20-18)15(2)3/h15-17H,5-14H2,1-4H3,(H,19,20). The van der Waals surface area contributed by atoms with Gasteiger partial charge in [0.1, 0.15) is 0 Å². The molecule has 2 atom stereocenters. The SMILES string of the molecule is CCCCCCCCCCC(C)C1=NC(C(C)C)CN1. The van der Waals surface area contributed by atoms with Crippen LogP contribution in [0, 0.1) is 11.8 Å². The molecule has 2 unspecified atom stereocenters. The van der Waals surface area contributed by atoms with E-state index in [4.69, 9.17) is 4.99 Å². The maximum absolute atomic E-state index is 4.84. The third-order valence-corrected chi connectivity index (χ3v) is 4.52. The first-order valence-electron chi connectivity index (χ1n) is 8.96. The second-order valence-electron chi connectivity index (χ2n) is 6.87. The van der Waals surface area contributed by atoms with E-state index in [0.29, 0.717) is 17.9 Å². The Balaban J connectivity index is 2.03. The Morgan fingerprint density at radius 2 is 1.60 bits per heavy atom. The molecule has 0 aromatic heterocycles. The first kappa shape index (κ1) is 17.5. The van der Waals surface area contributed by atoms with Crippen molar-refractivity contribution >= 4 is 5.84 Å². The number of aliphatic imine (C=N–C) groups is 1. The highest BCUT2D eigenvalue weighted by Gasteiger charge is 2.22. The number of amidine groups is 1. The minimum atomic E-state index is 0.506. The molecule has 0 aliphatic carbocycles. The molecule has 0 saturated heterocycles. The third-order valence-electron chi connectivity index (χ3n) is 4.52. The number of nitrogens with zero attached hydrogens (tertiary/aromatic N) is 1. The van der Waals surface area contributed by atoms with Crippen LogP contribution in [0.15, 0.2) is 4.99 Å². The summed E-state index contributed by atoms with van der Waals surface area (Å²) in [6, 6.07) is 0.506. The monoisotopic (exact) mass is 280 g/mol. The van der Waals surface area contributed by atoms with Crippen LogP contribution in [0.4, 0.5) is 0 Å². The summed E-state index contributed by atoms with van der Waals surface area (Å²) in [5.41, 5.74) is 0. The first-order valence-corrected chi connectivity index (χ1v) is 8.96. The lowest BCUT2D eigenvalue weighted by molar-refractivity contribution is 0.512. The fourth-order valence-electron chi connectivity index (χ4n) is 2.89. The van der Waals surface area contributed by atoms with Gasteiger partial charge in [-0.15, -0.1) is 0 Å². The smallest absolute Gasteiger partial charge is 0.0996 e. The molecule has 0 fully saturated rings. The first-order chi connectivity index (χ1) is 9.65. The van der Waals surface area contributed by atoms with Crippen LogP contribution in [0.3, 0.4) is 0 Å². The van der Waals surface area contributed by atoms with E-state index in [-0.39, 0.29) is 0 Å². The molecule has 2 heteroatoms. The van der Waals surface area contributed by atoms with Gasteiger partial charge in [-0.05, 0) is 12.3 Å². The number of rotatable bonds is 11. The molecular formula is C18H36N2. The van der Waals surface area contributed by atoms with E-state index in [1.807, 2.05) is 0 Å². The summed E-state index contributed by atoms with van der Waals surface area (Å²) in [5.74, 6) is 2.56. The van der Waals surface area contributed by atoms with Crippen LogP contribution in [0.5, 0.6) is 0 Å². The van der Waals surface area contributed by atoms with Crippen molar-refractivity contribution in [3.05, 3.63) is 0 Å². The number of hydrogen-bond acceptors (Lipinski definition) is 2. The summed E-state index contributed by atoms with van der Waals surface area (Å²) < 4.78 is 0. The van der Waals surface area contributed by atoms with E-state index in [2.05, 4.69) is 33.0 Å². The summed E-state index contributed by atoms with van der Waals surface area (Å²) in [5, 5.41) is 3.51. The maximum atomic E-state index is 4.84. The molecule has 0 aromatic rings. The van der Waals surface area contributed by atoms with Crippen molar-refractivity contribution in [3.8, 4) is 0 Å². The highest BCUT2D eigenvalue weighted by molar-refractivity contribution is 5.85. The summed E-state index contributed by atoms with van der Waals surface area (Å²) >= 11 is 0. The minimum Gasteiger partial charge on any atom is -0.371 e. The van der Waals surface area contributed by atoms with Crippen LogP contribution in [-0.2, 0) is 0 Å². The molecule has 1 heterocycles. The largest absolute Gasteiger partial charge is 0.371 e. The normalized spacial score (nSPS) is 20.1. The van der Waals surface area contributed by atoms with E-state index in [1.54, 1.807) is 0 Å². The van der Waals surface area contributed by atoms with E-state index >= 15 is 0 Å². The van der Waals surface area contributed by atoms with Gasteiger partial charge in [0.05, 0.1) is 11.9 Å². The lowest BCUT2D eigenvalue weighted by Gasteiger charge is -2.11. The molecular weight excluding hydrogens is 244 g/mol. The molecule has 0 aromatic carbocycles. The van der Waals surface area contributed by atoms with E-state index in [1.165, 1.54) is 63.6 Å². The van der Waals surface area contributed by atoms with Crippen molar-refractivity contribution in [3.63, 3.8) is 0 Å². The Morgan fingerprint density at radius 1 is 1.00 bits per heavy atom. The zero-order chi connectivity index (χ0) is 14.8. The quantitative estimate of drug-likeness (QED) is 0.518. The third kappa shape index (κ3) is 6.76. The van der Waals surface area contributed by atoms with Gasteiger partial charge >= 0.3 is 0 Å². The summed E-state index contributed by atoms with van der Waals surface area (Å²) in [6.45, 7) is 10.2. The van der Waals surface area contributed by atoms with Gasteiger partial charge in [-0.3, -0.25) is 4.99 Å². The predicted molar refractivity (Wildman–Crippen MR) is 90.5 cm³/mol.